The Labute approximate surface area is 131 Å². The summed E-state index contributed by atoms with van der Waals surface area (Å²) in [6.07, 6.45) is 2.15. The normalized spacial score (nSPS) is 28.4. The summed E-state index contributed by atoms with van der Waals surface area (Å²) in [6.45, 7) is 4.72. The molecule has 0 unspecified atom stereocenters. The van der Waals surface area contributed by atoms with Crippen molar-refractivity contribution in [1.82, 2.24) is 4.90 Å². The molecule has 2 aliphatic heterocycles. The zero-order valence-corrected chi connectivity index (χ0v) is 13.3. The van der Waals surface area contributed by atoms with E-state index in [1.807, 2.05) is 31.2 Å². The first-order valence-corrected chi connectivity index (χ1v) is 7.87. The number of ether oxygens (including phenoxy) is 2. The molecule has 2 heterocycles. The van der Waals surface area contributed by atoms with Crippen LogP contribution in [0.2, 0.25) is 0 Å². The Morgan fingerprint density at radius 1 is 1.45 bits per heavy atom. The largest absolute Gasteiger partial charge is 0.377 e. The zero-order valence-electron chi connectivity index (χ0n) is 13.3. The lowest BCUT2D eigenvalue weighted by molar-refractivity contribution is -0.117. The number of aryl methyl sites for hydroxylation is 1. The van der Waals surface area contributed by atoms with Crippen LogP contribution in [0, 0.1) is 6.92 Å². The van der Waals surface area contributed by atoms with Gasteiger partial charge in [-0.05, 0) is 31.9 Å². The van der Waals surface area contributed by atoms with Crippen molar-refractivity contribution in [1.29, 1.82) is 0 Å². The molecule has 1 N–H and O–H groups in total. The van der Waals surface area contributed by atoms with E-state index in [1.165, 1.54) is 5.56 Å². The van der Waals surface area contributed by atoms with Crippen molar-refractivity contribution in [3.05, 3.63) is 29.8 Å². The number of amides is 1. The molecule has 2 aliphatic rings. The molecule has 0 aromatic heterocycles. The summed E-state index contributed by atoms with van der Waals surface area (Å²) in [5.41, 5.74) is 1.81. The molecule has 1 aromatic carbocycles. The summed E-state index contributed by atoms with van der Waals surface area (Å²) in [4.78, 5) is 14.3. The van der Waals surface area contributed by atoms with Gasteiger partial charge in [-0.3, -0.25) is 9.69 Å². The Bertz CT molecular complexity index is 523. The third-order valence-corrected chi connectivity index (χ3v) is 4.62. The summed E-state index contributed by atoms with van der Waals surface area (Å²) in [6, 6.07) is 7.84. The van der Waals surface area contributed by atoms with E-state index in [0.717, 1.165) is 38.2 Å². The third-order valence-electron chi connectivity index (χ3n) is 4.62. The highest BCUT2D eigenvalue weighted by Crippen LogP contribution is 2.36. The van der Waals surface area contributed by atoms with Gasteiger partial charge in [-0.15, -0.1) is 0 Å². The predicted molar refractivity (Wildman–Crippen MR) is 85.0 cm³/mol. The second kappa shape index (κ2) is 6.36. The number of nitrogens with one attached hydrogen (secondary N) is 1. The summed E-state index contributed by atoms with van der Waals surface area (Å²) in [5.74, 6) is 0.00810. The van der Waals surface area contributed by atoms with E-state index in [-0.39, 0.29) is 17.6 Å². The van der Waals surface area contributed by atoms with Crippen LogP contribution in [0.3, 0.4) is 0 Å². The molecular weight excluding hydrogens is 280 g/mol. The molecule has 120 valence electrons. The van der Waals surface area contributed by atoms with Gasteiger partial charge in [0.1, 0.15) is 5.60 Å². The van der Waals surface area contributed by atoms with Crippen LogP contribution < -0.4 is 5.32 Å². The molecular formula is C17H24N2O3. The van der Waals surface area contributed by atoms with Gasteiger partial charge in [0, 0.05) is 32.5 Å². The Hall–Kier alpha value is -1.43. The Kier molecular flexibility index (Phi) is 4.47. The van der Waals surface area contributed by atoms with Crippen LogP contribution in [0.25, 0.3) is 0 Å². The lowest BCUT2D eigenvalue weighted by atomic mass is 9.97. The molecule has 1 spiro atoms. The quantitative estimate of drug-likeness (QED) is 0.922. The van der Waals surface area contributed by atoms with Crippen LogP contribution >= 0.6 is 0 Å². The monoisotopic (exact) mass is 304 g/mol. The number of carbonyl (C=O) groups is 1. The van der Waals surface area contributed by atoms with Crippen LogP contribution in [-0.2, 0) is 14.3 Å². The lowest BCUT2D eigenvalue weighted by Gasteiger charge is -2.28. The van der Waals surface area contributed by atoms with Crippen molar-refractivity contribution in [3.8, 4) is 0 Å². The zero-order chi connectivity index (χ0) is 15.6. The van der Waals surface area contributed by atoms with Gasteiger partial charge in [0.05, 0.1) is 12.6 Å². The second-order valence-electron chi connectivity index (χ2n) is 6.32. The van der Waals surface area contributed by atoms with Gasteiger partial charge in [0.2, 0.25) is 5.91 Å². The van der Waals surface area contributed by atoms with Crippen LogP contribution in [0.5, 0.6) is 0 Å². The van der Waals surface area contributed by atoms with Crippen molar-refractivity contribution in [2.75, 3.05) is 38.7 Å². The van der Waals surface area contributed by atoms with Crippen LogP contribution in [0.15, 0.2) is 24.3 Å². The molecule has 2 saturated heterocycles. The van der Waals surface area contributed by atoms with Crippen LogP contribution in [0.4, 0.5) is 5.69 Å². The fourth-order valence-corrected chi connectivity index (χ4v) is 3.49. The molecule has 22 heavy (non-hydrogen) atoms. The predicted octanol–water partition coefficient (Wildman–Crippen LogP) is 1.81. The van der Waals surface area contributed by atoms with E-state index in [0.29, 0.717) is 6.54 Å². The van der Waals surface area contributed by atoms with Gasteiger partial charge in [0.15, 0.2) is 0 Å². The smallest absolute Gasteiger partial charge is 0.238 e. The first-order valence-electron chi connectivity index (χ1n) is 7.87. The number of methoxy groups -OCH3 is 1. The van der Waals surface area contributed by atoms with Gasteiger partial charge >= 0.3 is 0 Å². The van der Waals surface area contributed by atoms with Crippen LogP contribution in [0.1, 0.15) is 18.4 Å². The van der Waals surface area contributed by atoms with Crippen molar-refractivity contribution >= 4 is 11.6 Å². The van der Waals surface area contributed by atoms with E-state index in [2.05, 4.69) is 10.2 Å². The van der Waals surface area contributed by atoms with Gasteiger partial charge in [-0.2, -0.15) is 0 Å². The van der Waals surface area contributed by atoms with Gasteiger partial charge in [-0.1, -0.05) is 17.7 Å². The van der Waals surface area contributed by atoms with Crippen molar-refractivity contribution < 1.29 is 14.3 Å². The SMILES string of the molecule is CO[C@@H]1CN(CC(=O)Nc2ccc(C)cc2)C[C@]12CCCO2. The Morgan fingerprint density at radius 2 is 2.23 bits per heavy atom. The Morgan fingerprint density at radius 3 is 2.86 bits per heavy atom. The molecule has 1 amide bonds. The van der Waals surface area contributed by atoms with Gasteiger partial charge in [0.25, 0.3) is 0 Å². The van der Waals surface area contributed by atoms with E-state index < -0.39 is 0 Å². The highest BCUT2D eigenvalue weighted by Gasteiger charge is 2.50. The topological polar surface area (TPSA) is 50.8 Å². The fraction of sp³-hybridized carbons (Fsp3) is 0.588. The summed E-state index contributed by atoms with van der Waals surface area (Å²) < 4.78 is 11.5. The molecule has 2 fully saturated rings. The lowest BCUT2D eigenvalue weighted by Crippen LogP contribution is -2.42. The highest BCUT2D eigenvalue weighted by molar-refractivity contribution is 5.92. The van der Waals surface area contributed by atoms with E-state index in [4.69, 9.17) is 9.47 Å². The summed E-state index contributed by atoms with van der Waals surface area (Å²) in [5, 5.41) is 2.95. The first-order chi connectivity index (χ1) is 10.6. The number of nitrogens with zero attached hydrogens (tertiary/aromatic N) is 1. The van der Waals surface area contributed by atoms with E-state index in [1.54, 1.807) is 7.11 Å². The molecule has 3 rings (SSSR count). The number of benzene rings is 1. The van der Waals surface area contributed by atoms with Crippen molar-refractivity contribution in [2.45, 2.75) is 31.5 Å². The molecule has 0 bridgehead atoms. The van der Waals surface area contributed by atoms with Gasteiger partial charge in [-0.25, -0.2) is 0 Å². The fourth-order valence-electron chi connectivity index (χ4n) is 3.49. The number of anilines is 1. The number of rotatable bonds is 4. The average molecular weight is 304 g/mol. The first kappa shape index (κ1) is 15.5. The summed E-state index contributed by atoms with van der Waals surface area (Å²) in [7, 11) is 1.73. The van der Waals surface area contributed by atoms with E-state index >= 15 is 0 Å². The molecule has 5 heteroatoms. The molecule has 0 radical (unpaired) electrons. The third kappa shape index (κ3) is 3.16. The van der Waals surface area contributed by atoms with E-state index in [9.17, 15) is 4.79 Å². The molecule has 1 aromatic rings. The maximum atomic E-state index is 12.2. The highest BCUT2D eigenvalue weighted by atomic mass is 16.6. The van der Waals surface area contributed by atoms with Crippen molar-refractivity contribution in [2.24, 2.45) is 0 Å². The number of carbonyl (C=O) groups excluding carboxylic acids is 1. The minimum atomic E-state index is -0.209. The number of hydrogen-bond acceptors (Lipinski definition) is 4. The maximum absolute atomic E-state index is 12.2. The molecule has 0 aliphatic carbocycles. The summed E-state index contributed by atoms with van der Waals surface area (Å²) >= 11 is 0. The average Bonchev–Trinajstić information content (AvgIpc) is 3.09. The Balaban J connectivity index is 1.57. The molecule has 2 atom stereocenters. The maximum Gasteiger partial charge on any atom is 0.238 e. The minimum absolute atomic E-state index is 0.00810. The van der Waals surface area contributed by atoms with Crippen molar-refractivity contribution in [3.63, 3.8) is 0 Å². The standard InChI is InChI=1S/C17H24N2O3/c1-13-4-6-14(7-5-13)18-16(20)11-19-10-15(21-2)17(12-19)8-3-9-22-17/h4-7,15H,3,8-12H2,1-2H3,(H,18,20)/t15-,17-/m1/s1. The number of hydrogen-bond donors (Lipinski definition) is 1. The molecule has 0 saturated carbocycles. The van der Waals surface area contributed by atoms with Gasteiger partial charge < -0.3 is 14.8 Å². The molecule has 5 nitrogen and oxygen atoms in total. The number of likely N-dealkylation sites (tertiary alicyclic amines) is 1. The second-order valence-corrected chi connectivity index (χ2v) is 6.32. The minimum Gasteiger partial charge on any atom is -0.377 e. The van der Waals surface area contributed by atoms with Crippen LogP contribution in [-0.4, -0.2) is 55.9 Å².